The Bertz CT molecular complexity index is 1180. The number of likely N-dealkylation sites (tertiary alicyclic amines) is 1. The Kier molecular flexibility index (Phi) is 6.50. The molecule has 174 valence electrons. The van der Waals surface area contributed by atoms with E-state index in [9.17, 15) is 9.18 Å². The molecular weight excluding hydrogens is 425 g/mol. The highest BCUT2D eigenvalue weighted by atomic mass is 19.1. The monoisotopic (exact) mass is 453 g/mol. The molecule has 9 heteroatoms. The minimum Gasteiger partial charge on any atom is -0.486 e. The maximum atomic E-state index is 13.7. The van der Waals surface area contributed by atoms with Crippen LogP contribution in [0.1, 0.15) is 18.5 Å². The van der Waals surface area contributed by atoms with E-state index < -0.39 is 5.82 Å². The molecule has 0 saturated carbocycles. The summed E-state index contributed by atoms with van der Waals surface area (Å²) in [4.78, 5) is 23.3. The smallest absolute Gasteiger partial charge is 0.251 e. The molecule has 0 aromatic carbocycles. The van der Waals surface area contributed by atoms with Gasteiger partial charge >= 0.3 is 0 Å². The first-order valence-electron chi connectivity index (χ1n) is 11.5. The van der Waals surface area contributed by atoms with E-state index in [1.165, 1.54) is 24.8 Å². The Morgan fingerprint density at radius 3 is 2.88 bits per heavy atom. The normalized spacial score (nSPS) is 18.5. The zero-order valence-corrected chi connectivity index (χ0v) is 18.5. The van der Waals surface area contributed by atoms with E-state index in [-0.39, 0.29) is 5.56 Å². The van der Waals surface area contributed by atoms with Gasteiger partial charge in [0.05, 0.1) is 29.1 Å². The summed E-state index contributed by atoms with van der Waals surface area (Å²) in [6, 6.07) is 6.47. The summed E-state index contributed by atoms with van der Waals surface area (Å²) >= 11 is 0. The number of piperidine rings is 1. The van der Waals surface area contributed by atoms with Gasteiger partial charge in [-0.15, -0.1) is 0 Å². The van der Waals surface area contributed by atoms with E-state index in [0.29, 0.717) is 49.0 Å². The lowest BCUT2D eigenvalue weighted by atomic mass is 9.98. The summed E-state index contributed by atoms with van der Waals surface area (Å²) in [6.07, 6.45) is 5.20. The van der Waals surface area contributed by atoms with Gasteiger partial charge in [-0.25, -0.2) is 4.39 Å². The summed E-state index contributed by atoms with van der Waals surface area (Å²) < 4.78 is 26.5. The molecule has 5 rings (SSSR count). The Balaban J connectivity index is 1.14. The van der Waals surface area contributed by atoms with Crippen molar-refractivity contribution in [3.63, 3.8) is 0 Å². The summed E-state index contributed by atoms with van der Waals surface area (Å²) in [5, 5.41) is 3.52. The van der Waals surface area contributed by atoms with Crippen LogP contribution in [0, 0.1) is 11.7 Å². The molecule has 0 amide bonds. The Morgan fingerprint density at radius 1 is 1.09 bits per heavy atom. The van der Waals surface area contributed by atoms with Crippen molar-refractivity contribution >= 4 is 11.0 Å². The zero-order valence-electron chi connectivity index (χ0n) is 18.5. The predicted octanol–water partition coefficient (Wildman–Crippen LogP) is 2.20. The third kappa shape index (κ3) is 5.15. The van der Waals surface area contributed by atoms with E-state index in [0.717, 1.165) is 44.0 Å². The van der Waals surface area contributed by atoms with E-state index in [4.69, 9.17) is 9.47 Å². The van der Waals surface area contributed by atoms with Crippen molar-refractivity contribution in [2.24, 2.45) is 5.92 Å². The van der Waals surface area contributed by atoms with Gasteiger partial charge in [-0.3, -0.25) is 14.8 Å². The summed E-state index contributed by atoms with van der Waals surface area (Å²) in [5.74, 6) is 1.56. The number of halogens is 1. The maximum Gasteiger partial charge on any atom is 0.251 e. The number of ether oxygens (including phenoxy) is 2. The number of nitrogens with one attached hydrogen (secondary N) is 1. The standard InChI is InChI=1S/C24H28FN5O3/c25-18-10-21-20(28-13-18)3-4-24(31)30(21)7-6-29-5-1-2-17(16-29)12-26-14-19-11-22-23(15-27-19)33-9-8-32-22/h3-4,10-11,13,15,17,26H,1-2,5-9,12,14,16H2. The molecule has 1 saturated heterocycles. The van der Waals surface area contributed by atoms with Crippen molar-refractivity contribution in [2.75, 3.05) is 39.4 Å². The van der Waals surface area contributed by atoms with Crippen LogP contribution < -0.4 is 20.3 Å². The Morgan fingerprint density at radius 2 is 1.97 bits per heavy atom. The fraction of sp³-hybridized carbons (Fsp3) is 0.458. The van der Waals surface area contributed by atoms with Gasteiger partial charge in [0.15, 0.2) is 11.5 Å². The van der Waals surface area contributed by atoms with Crippen LogP contribution in [0.4, 0.5) is 4.39 Å². The molecule has 0 spiro atoms. The van der Waals surface area contributed by atoms with Gasteiger partial charge in [-0.05, 0) is 37.9 Å². The van der Waals surface area contributed by atoms with Crippen molar-refractivity contribution in [3.8, 4) is 11.5 Å². The van der Waals surface area contributed by atoms with Crippen LogP contribution in [0.3, 0.4) is 0 Å². The SMILES string of the molecule is O=c1ccc2ncc(F)cc2n1CCN1CCCC(CNCc2cc3c(cn2)OCCO3)C1. The highest BCUT2D eigenvalue weighted by Crippen LogP contribution is 2.29. The molecule has 3 aromatic rings. The molecule has 1 fully saturated rings. The molecule has 2 aliphatic rings. The van der Waals surface area contributed by atoms with Crippen molar-refractivity contribution in [1.82, 2.24) is 24.8 Å². The van der Waals surface area contributed by atoms with Crippen molar-refractivity contribution in [2.45, 2.75) is 25.9 Å². The lowest BCUT2D eigenvalue weighted by Gasteiger charge is -2.33. The van der Waals surface area contributed by atoms with E-state index in [2.05, 4.69) is 20.2 Å². The van der Waals surface area contributed by atoms with Gasteiger partial charge in [0, 0.05) is 44.4 Å². The minimum atomic E-state index is -0.432. The third-order valence-electron chi connectivity index (χ3n) is 6.27. The minimum absolute atomic E-state index is 0.128. The van der Waals surface area contributed by atoms with E-state index in [1.807, 2.05) is 6.07 Å². The number of fused-ring (bicyclic) bond motifs is 2. The number of aromatic nitrogens is 3. The van der Waals surface area contributed by atoms with Crippen LogP contribution in [0.15, 0.2) is 41.5 Å². The average Bonchev–Trinajstić information content (AvgIpc) is 2.83. The lowest BCUT2D eigenvalue weighted by molar-refractivity contribution is 0.166. The number of hydrogen-bond donors (Lipinski definition) is 1. The van der Waals surface area contributed by atoms with Crippen molar-refractivity contribution in [3.05, 3.63) is 58.5 Å². The highest BCUT2D eigenvalue weighted by Gasteiger charge is 2.20. The highest BCUT2D eigenvalue weighted by molar-refractivity contribution is 5.74. The van der Waals surface area contributed by atoms with Crippen molar-refractivity contribution < 1.29 is 13.9 Å². The molecule has 1 unspecified atom stereocenters. The van der Waals surface area contributed by atoms with Crippen LogP contribution in [0.25, 0.3) is 11.0 Å². The second-order valence-corrected chi connectivity index (χ2v) is 8.64. The quantitative estimate of drug-likeness (QED) is 0.587. The van der Waals surface area contributed by atoms with Gasteiger partial charge in [0.25, 0.3) is 5.56 Å². The lowest BCUT2D eigenvalue weighted by Crippen LogP contribution is -2.41. The molecule has 0 radical (unpaired) electrons. The van der Waals surface area contributed by atoms with E-state index in [1.54, 1.807) is 16.8 Å². The second kappa shape index (κ2) is 9.84. The average molecular weight is 454 g/mol. The number of pyridine rings is 3. The molecule has 0 bridgehead atoms. The molecule has 0 aliphatic carbocycles. The first-order valence-corrected chi connectivity index (χ1v) is 11.5. The molecule has 33 heavy (non-hydrogen) atoms. The van der Waals surface area contributed by atoms with Crippen LogP contribution in [0.5, 0.6) is 11.5 Å². The molecule has 2 aliphatic heterocycles. The number of nitrogens with zero attached hydrogens (tertiary/aromatic N) is 4. The first kappa shape index (κ1) is 21.8. The summed E-state index contributed by atoms with van der Waals surface area (Å²) in [5.41, 5.74) is 1.98. The fourth-order valence-corrected chi connectivity index (χ4v) is 4.63. The molecule has 5 heterocycles. The first-order chi connectivity index (χ1) is 16.2. The van der Waals surface area contributed by atoms with Gasteiger partial charge < -0.3 is 24.3 Å². The van der Waals surface area contributed by atoms with Crippen molar-refractivity contribution in [1.29, 1.82) is 0 Å². The molecular formula is C24H28FN5O3. The summed E-state index contributed by atoms with van der Waals surface area (Å²) in [6.45, 7) is 5.94. The third-order valence-corrected chi connectivity index (χ3v) is 6.27. The fourth-order valence-electron chi connectivity index (χ4n) is 4.63. The number of rotatable bonds is 7. The van der Waals surface area contributed by atoms with Gasteiger partial charge in [0.1, 0.15) is 19.0 Å². The predicted molar refractivity (Wildman–Crippen MR) is 122 cm³/mol. The largest absolute Gasteiger partial charge is 0.486 e. The molecule has 1 atom stereocenters. The van der Waals surface area contributed by atoms with Gasteiger partial charge in [-0.2, -0.15) is 0 Å². The van der Waals surface area contributed by atoms with Crippen LogP contribution in [0.2, 0.25) is 0 Å². The maximum absolute atomic E-state index is 13.7. The molecule has 8 nitrogen and oxygen atoms in total. The topological polar surface area (TPSA) is 81.5 Å². The van der Waals surface area contributed by atoms with E-state index >= 15 is 0 Å². The second-order valence-electron chi connectivity index (χ2n) is 8.64. The zero-order chi connectivity index (χ0) is 22.6. The molecule has 3 aromatic heterocycles. The molecule has 1 N–H and O–H groups in total. The van der Waals surface area contributed by atoms with Crippen LogP contribution >= 0.6 is 0 Å². The Labute approximate surface area is 191 Å². The summed E-state index contributed by atoms with van der Waals surface area (Å²) in [7, 11) is 0. The van der Waals surface area contributed by atoms with Gasteiger partial charge in [0.2, 0.25) is 0 Å². The Hall–Kier alpha value is -3.04. The van der Waals surface area contributed by atoms with Crippen LogP contribution in [-0.4, -0.2) is 58.8 Å². The van der Waals surface area contributed by atoms with Crippen LogP contribution in [-0.2, 0) is 13.1 Å². The van der Waals surface area contributed by atoms with Gasteiger partial charge in [-0.1, -0.05) is 0 Å². The number of hydrogen-bond acceptors (Lipinski definition) is 7.